The summed E-state index contributed by atoms with van der Waals surface area (Å²) in [5.41, 5.74) is 0. The molecular formula is C21H38N4O2. The molecule has 2 N–H and O–H groups in total. The van der Waals surface area contributed by atoms with Gasteiger partial charge in [-0.2, -0.15) is 0 Å². The summed E-state index contributed by atoms with van der Waals surface area (Å²) >= 11 is 0. The summed E-state index contributed by atoms with van der Waals surface area (Å²) in [6.45, 7) is 8.35. The molecule has 3 fully saturated rings. The molecule has 154 valence electrons. The van der Waals surface area contributed by atoms with Crippen LogP contribution < -0.4 is 10.6 Å². The minimum atomic E-state index is -0.0166. The molecule has 2 saturated heterocycles. The fourth-order valence-corrected chi connectivity index (χ4v) is 5.44. The number of urea groups is 2. The van der Waals surface area contributed by atoms with Crippen LogP contribution in [0.5, 0.6) is 0 Å². The van der Waals surface area contributed by atoms with E-state index in [2.05, 4.69) is 43.2 Å². The molecule has 0 aromatic carbocycles. The van der Waals surface area contributed by atoms with E-state index >= 15 is 0 Å². The minimum Gasteiger partial charge on any atom is -0.335 e. The van der Waals surface area contributed by atoms with Crippen molar-refractivity contribution in [3.8, 4) is 0 Å². The number of amides is 4. The maximum atomic E-state index is 13.2. The fraction of sp³-hybridized carbons (Fsp3) is 0.905. The van der Waals surface area contributed by atoms with Crippen molar-refractivity contribution in [1.82, 2.24) is 20.4 Å². The van der Waals surface area contributed by atoms with Crippen LogP contribution >= 0.6 is 0 Å². The van der Waals surface area contributed by atoms with E-state index in [1.54, 1.807) is 0 Å². The molecule has 2 aliphatic heterocycles. The van der Waals surface area contributed by atoms with E-state index in [4.69, 9.17) is 0 Å². The van der Waals surface area contributed by atoms with Gasteiger partial charge in [-0.05, 0) is 66.2 Å². The molecule has 1 saturated carbocycles. The number of hydrogen-bond donors (Lipinski definition) is 2. The van der Waals surface area contributed by atoms with Gasteiger partial charge < -0.3 is 20.4 Å². The third-order valence-electron chi connectivity index (χ3n) is 6.56. The zero-order valence-electron chi connectivity index (χ0n) is 17.5. The second-order valence-corrected chi connectivity index (χ2v) is 9.29. The molecule has 2 atom stereocenters. The van der Waals surface area contributed by atoms with Gasteiger partial charge in [0.2, 0.25) is 0 Å². The van der Waals surface area contributed by atoms with Crippen molar-refractivity contribution in [2.45, 2.75) is 122 Å². The Morgan fingerprint density at radius 3 is 1.85 bits per heavy atom. The van der Waals surface area contributed by atoms with Crippen molar-refractivity contribution >= 4 is 12.1 Å². The van der Waals surface area contributed by atoms with Gasteiger partial charge in [0, 0.05) is 36.3 Å². The van der Waals surface area contributed by atoms with E-state index in [1.165, 1.54) is 19.3 Å². The first-order chi connectivity index (χ1) is 12.9. The first-order valence-corrected chi connectivity index (χ1v) is 11.0. The van der Waals surface area contributed by atoms with Gasteiger partial charge in [-0.1, -0.05) is 19.3 Å². The molecule has 27 heavy (non-hydrogen) atoms. The number of fused-ring (bicyclic) bond motifs is 2. The quantitative estimate of drug-likeness (QED) is 0.780. The standard InChI is InChI=1S/C21H38N4O2/c1-14(2)24(15(3)4)21(27)25-18-10-11-19(25)13-17(12-18)23-20(26)22-16-8-6-5-7-9-16/h14-19H,5-13H2,1-4H3,(H2,22,23,26). The van der Waals surface area contributed by atoms with Crippen LogP contribution in [0.3, 0.4) is 0 Å². The number of carbonyl (C=O) groups is 2. The predicted molar refractivity (Wildman–Crippen MR) is 108 cm³/mol. The van der Waals surface area contributed by atoms with Crippen LogP contribution in [0, 0.1) is 0 Å². The topological polar surface area (TPSA) is 64.7 Å². The first kappa shape index (κ1) is 20.3. The molecule has 2 unspecified atom stereocenters. The highest BCUT2D eigenvalue weighted by molar-refractivity contribution is 5.77. The van der Waals surface area contributed by atoms with Crippen LogP contribution in [-0.4, -0.2) is 58.1 Å². The SMILES string of the molecule is CC(C)N(C(=O)N1C2CCC1CC(NC(=O)NC1CCCCC1)C2)C(C)C. The summed E-state index contributed by atoms with van der Waals surface area (Å²) in [7, 11) is 0. The Balaban J connectivity index is 1.55. The second kappa shape index (κ2) is 8.70. The molecule has 6 heteroatoms. The van der Waals surface area contributed by atoms with Crippen LogP contribution in [-0.2, 0) is 0 Å². The molecule has 0 aromatic heterocycles. The molecule has 0 aromatic rings. The number of piperidine rings is 1. The fourth-order valence-electron chi connectivity index (χ4n) is 5.44. The van der Waals surface area contributed by atoms with Crippen molar-refractivity contribution in [2.24, 2.45) is 0 Å². The number of carbonyl (C=O) groups excluding carboxylic acids is 2. The molecule has 3 rings (SSSR count). The van der Waals surface area contributed by atoms with E-state index in [9.17, 15) is 9.59 Å². The van der Waals surface area contributed by atoms with Crippen LogP contribution in [0.2, 0.25) is 0 Å². The summed E-state index contributed by atoms with van der Waals surface area (Å²) in [6.07, 6.45) is 9.81. The number of rotatable bonds is 4. The number of nitrogens with one attached hydrogen (secondary N) is 2. The van der Waals surface area contributed by atoms with Gasteiger partial charge in [0.15, 0.2) is 0 Å². The van der Waals surface area contributed by atoms with Crippen molar-refractivity contribution < 1.29 is 9.59 Å². The van der Waals surface area contributed by atoms with Crippen molar-refractivity contribution in [3.05, 3.63) is 0 Å². The summed E-state index contributed by atoms with van der Waals surface area (Å²) < 4.78 is 0. The Morgan fingerprint density at radius 2 is 1.33 bits per heavy atom. The van der Waals surface area contributed by atoms with Crippen molar-refractivity contribution in [3.63, 3.8) is 0 Å². The van der Waals surface area contributed by atoms with Crippen LogP contribution in [0.4, 0.5) is 9.59 Å². The van der Waals surface area contributed by atoms with Crippen molar-refractivity contribution in [2.75, 3.05) is 0 Å². The second-order valence-electron chi connectivity index (χ2n) is 9.29. The Hall–Kier alpha value is -1.46. The Morgan fingerprint density at radius 1 is 0.815 bits per heavy atom. The lowest BCUT2D eigenvalue weighted by atomic mass is 9.95. The summed E-state index contributed by atoms with van der Waals surface area (Å²) in [4.78, 5) is 29.7. The monoisotopic (exact) mass is 378 g/mol. The Bertz CT molecular complexity index is 508. The zero-order valence-corrected chi connectivity index (χ0v) is 17.5. The molecule has 6 nitrogen and oxygen atoms in total. The summed E-state index contributed by atoms with van der Waals surface area (Å²) in [5.74, 6) is 0. The lowest BCUT2D eigenvalue weighted by molar-refractivity contribution is 0.0832. The van der Waals surface area contributed by atoms with E-state index < -0.39 is 0 Å². The third kappa shape index (κ3) is 4.69. The van der Waals surface area contributed by atoms with Crippen LogP contribution in [0.1, 0.15) is 85.5 Å². The summed E-state index contributed by atoms with van der Waals surface area (Å²) in [5, 5.41) is 6.36. The van der Waals surface area contributed by atoms with Crippen molar-refractivity contribution in [1.29, 1.82) is 0 Å². The molecule has 2 heterocycles. The van der Waals surface area contributed by atoms with Crippen LogP contribution in [0.15, 0.2) is 0 Å². The molecule has 4 amide bonds. The lowest BCUT2D eigenvalue weighted by Crippen LogP contribution is -2.59. The van der Waals surface area contributed by atoms with Gasteiger partial charge in [0.25, 0.3) is 0 Å². The molecule has 3 aliphatic rings. The normalized spacial score (nSPS) is 28.5. The van der Waals surface area contributed by atoms with E-state index in [0.29, 0.717) is 6.04 Å². The highest BCUT2D eigenvalue weighted by Gasteiger charge is 2.45. The van der Waals surface area contributed by atoms with Gasteiger partial charge in [0.05, 0.1) is 0 Å². The highest BCUT2D eigenvalue weighted by Crippen LogP contribution is 2.37. The van der Waals surface area contributed by atoms with Gasteiger partial charge in [-0.15, -0.1) is 0 Å². The third-order valence-corrected chi connectivity index (χ3v) is 6.56. The van der Waals surface area contributed by atoms with Gasteiger partial charge in [-0.25, -0.2) is 9.59 Å². The maximum absolute atomic E-state index is 13.2. The van der Waals surface area contributed by atoms with E-state index in [-0.39, 0.29) is 42.3 Å². The number of hydrogen-bond acceptors (Lipinski definition) is 2. The molecule has 0 radical (unpaired) electrons. The molecule has 2 bridgehead atoms. The van der Waals surface area contributed by atoms with Gasteiger partial charge in [0.1, 0.15) is 0 Å². The average Bonchev–Trinajstić information content (AvgIpc) is 2.86. The summed E-state index contributed by atoms with van der Waals surface area (Å²) in [6, 6.07) is 1.61. The largest absolute Gasteiger partial charge is 0.335 e. The molecular weight excluding hydrogens is 340 g/mol. The minimum absolute atomic E-state index is 0.0166. The predicted octanol–water partition coefficient (Wildman–Crippen LogP) is 3.85. The highest BCUT2D eigenvalue weighted by atomic mass is 16.2. The average molecular weight is 379 g/mol. The number of nitrogens with zero attached hydrogens (tertiary/aromatic N) is 2. The first-order valence-electron chi connectivity index (χ1n) is 11.0. The maximum Gasteiger partial charge on any atom is 0.320 e. The molecule has 0 spiro atoms. The van der Waals surface area contributed by atoms with E-state index in [0.717, 1.165) is 38.5 Å². The Labute approximate surface area is 164 Å². The molecule has 1 aliphatic carbocycles. The zero-order chi connectivity index (χ0) is 19.6. The van der Waals surface area contributed by atoms with Crippen LogP contribution in [0.25, 0.3) is 0 Å². The van der Waals surface area contributed by atoms with E-state index in [1.807, 2.05) is 4.90 Å². The lowest BCUT2D eigenvalue weighted by Gasteiger charge is -2.43. The smallest absolute Gasteiger partial charge is 0.320 e. The Kier molecular flexibility index (Phi) is 6.53. The van der Waals surface area contributed by atoms with Gasteiger partial charge >= 0.3 is 12.1 Å². The van der Waals surface area contributed by atoms with Gasteiger partial charge in [-0.3, -0.25) is 0 Å².